The van der Waals surface area contributed by atoms with Gasteiger partial charge in [0, 0.05) is 42.7 Å². The molecule has 1 saturated heterocycles. The summed E-state index contributed by atoms with van der Waals surface area (Å²) in [5, 5.41) is 14.8. The number of aryl methyl sites for hydroxylation is 1. The summed E-state index contributed by atoms with van der Waals surface area (Å²) in [6.07, 6.45) is 6.52. The van der Waals surface area contributed by atoms with E-state index in [0.29, 0.717) is 48.5 Å². The monoisotopic (exact) mass is 1600 g/mol. The van der Waals surface area contributed by atoms with Gasteiger partial charge >= 0.3 is 34.9 Å². The topological polar surface area (TPSA) is 278 Å². The van der Waals surface area contributed by atoms with E-state index in [2.05, 4.69) is 20.7 Å². The van der Waals surface area contributed by atoms with Gasteiger partial charge in [0.1, 0.15) is 0 Å². The maximum atomic E-state index is 13.5. The molecule has 1 aliphatic heterocycles. The summed E-state index contributed by atoms with van der Waals surface area (Å²) in [4.78, 5) is 84.5. The van der Waals surface area contributed by atoms with Crippen LogP contribution in [0.1, 0.15) is 104 Å². The quantitative estimate of drug-likeness (QED) is 0.0182. The second-order valence-corrected chi connectivity index (χ2v) is 33.1. The van der Waals surface area contributed by atoms with Crippen molar-refractivity contribution in [1.82, 2.24) is 16.0 Å². The number of fused-ring (bicyclic) bond motifs is 3. The van der Waals surface area contributed by atoms with Crippen molar-refractivity contribution in [2.75, 3.05) is 26.8 Å². The number of amides is 3. The third-order valence-corrected chi connectivity index (χ3v) is 23.4. The highest BCUT2D eigenvalue weighted by atomic mass is 35.5. The lowest BCUT2D eigenvalue weighted by Crippen LogP contribution is -2.28. The first kappa shape index (κ1) is 83.5. The molecule has 34 heteroatoms. The molecule has 104 heavy (non-hydrogen) atoms. The molecule has 0 radical (unpaired) electrons. The highest BCUT2D eigenvalue weighted by molar-refractivity contribution is 7.55. The molecule has 1 fully saturated rings. The molecule has 20 nitrogen and oxygen atoms in total. The Morgan fingerprint density at radius 2 is 0.952 bits per heavy atom. The maximum Gasteiger partial charge on any atom is 0.510 e. The number of rotatable bonds is 22. The van der Waals surface area contributed by atoms with Crippen molar-refractivity contribution in [1.29, 1.82) is 0 Å². The molecule has 9 aromatic rings. The summed E-state index contributed by atoms with van der Waals surface area (Å²) in [5.41, 5.74) is -2.85. The lowest BCUT2D eigenvalue weighted by molar-refractivity contribution is -0.160. The van der Waals surface area contributed by atoms with Crippen molar-refractivity contribution in [3.05, 3.63) is 228 Å². The van der Waals surface area contributed by atoms with Crippen LogP contribution < -0.4 is 16.0 Å². The number of hydrogen-bond acceptors (Lipinski definition) is 18. The average Bonchev–Trinajstić information content (AvgIpc) is 1.61. The number of carbonyl (C=O) groups excluding carboxylic acids is 5. The number of benzene rings is 6. The number of hydrogen-bond donors (Lipinski definition) is 5. The lowest BCUT2D eigenvalue weighted by Gasteiger charge is -2.29. The molecule has 3 aromatic heterocycles. The molecule has 3 amide bonds. The summed E-state index contributed by atoms with van der Waals surface area (Å²) in [6.45, 7) is 8.50. The fraction of sp³-hybridized carbons (Fsp3) is 0.243. The minimum Gasteiger partial charge on any atom is -0.438 e. The van der Waals surface area contributed by atoms with Crippen molar-refractivity contribution in [2.45, 2.75) is 78.5 Å². The third kappa shape index (κ3) is 22.4. The Morgan fingerprint density at radius 3 is 1.37 bits per heavy atom. The van der Waals surface area contributed by atoms with Crippen LogP contribution in [0.3, 0.4) is 0 Å². The Labute approximate surface area is 615 Å². The second kappa shape index (κ2) is 36.9. The predicted octanol–water partition coefficient (Wildman–Crippen LogP) is 19.4. The Bertz CT molecular complexity index is 4870. The Morgan fingerprint density at radius 1 is 0.567 bits per heavy atom. The molecule has 6 aromatic carbocycles. The van der Waals surface area contributed by atoms with E-state index in [1.165, 1.54) is 82.0 Å². The van der Waals surface area contributed by atoms with Crippen molar-refractivity contribution in [3.8, 4) is 0 Å². The minimum absolute atomic E-state index is 0. The van der Waals surface area contributed by atoms with Gasteiger partial charge in [-0.3, -0.25) is 41.9 Å². The van der Waals surface area contributed by atoms with Gasteiger partial charge in [0.2, 0.25) is 31.3 Å². The zero-order chi connectivity index (χ0) is 75.1. The van der Waals surface area contributed by atoms with E-state index >= 15 is 0 Å². The van der Waals surface area contributed by atoms with Gasteiger partial charge in [0.15, 0.2) is 51.9 Å². The summed E-state index contributed by atoms with van der Waals surface area (Å²) < 4.78 is 157. The fourth-order valence-electron chi connectivity index (χ4n) is 9.50. The lowest BCUT2D eigenvalue weighted by atomic mass is 9.98. The summed E-state index contributed by atoms with van der Waals surface area (Å²) in [5.74, 6) is -9.22. The number of ether oxygens (including phenoxy) is 3. The van der Waals surface area contributed by atoms with E-state index in [-0.39, 0.29) is 42.9 Å². The molecule has 1 aliphatic rings. The van der Waals surface area contributed by atoms with Crippen LogP contribution in [0.5, 0.6) is 0 Å². The van der Waals surface area contributed by atoms with E-state index in [1.54, 1.807) is 81.8 Å². The minimum atomic E-state index is -4.77. The van der Waals surface area contributed by atoms with E-state index in [0.717, 1.165) is 63.8 Å². The smallest absolute Gasteiger partial charge is 0.438 e. The van der Waals surface area contributed by atoms with Gasteiger partial charge in [-0.15, -0.1) is 34.0 Å². The third-order valence-electron chi connectivity index (χ3n) is 14.4. The van der Waals surface area contributed by atoms with Gasteiger partial charge in [-0.1, -0.05) is 66.5 Å². The largest absolute Gasteiger partial charge is 0.510 e. The molecule has 554 valence electrons. The first-order valence-corrected chi connectivity index (χ1v) is 38.8. The molecule has 0 bridgehead atoms. The van der Waals surface area contributed by atoms with Crippen LogP contribution >= 0.6 is 80.0 Å². The molecular weight excluding hydrogens is 1530 g/mol. The fourth-order valence-corrected chi connectivity index (χ4v) is 17.7. The van der Waals surface area contributed by atoms with Crippen LogP contribution in [-0.2, 0) is 65.2 Å². The van der Waals surface area contributed by atoms with Crippen molar-refractivity contribution in [2.24, 2.45) is 5.41 Å². The maximum absolute atomic E-state index is 13.5. The predicted molar refractivity (Wildman–Crippen MR) is 390 cm³/mol. The SMILES string of the molecule is C.CC(C)(C)C(=O)OCOP(=O)(O)C(C(=O)N/C=C/c1ccc(F)c(F)c1)c1csc2ccc(Cl)cc12.Cc1ccc2scc(C(C(=O)N/C=C/c3ccc(F)c(F)c3)P(=O)(O)OCOC(=O)OC(C)C)c2c1.O=C(N/C=C/c1ccc(F)c(F)c1)C(c1csc2ccc(Cl)cc12)P1(=O)OCCCO1. The molecule has 10 rings (SSSR count). The van der Waals surface area contributed by atoms with Crippen LogP contribution in [0, 0.1) is 47.2 Å². The van der Waals surface area contributed by atoms with Gasteiger partial charge in [-0.05, 0) is 211 Å². The second-order valence-electron chi connectivity index (χ2n) is 23.5. The van der Waals surface area contributed by atoms with Gasteiger partial charge in [0.05, 0.1) is 24.7 Å². The standard InChI is InChI=1S/C24H23ClF2NO6PS.C24H24F2NO7PS.C21H17ClF2NO4PS.CH4/c1-24(2,3)23(30)33-13-34-35(31,32)21(17-12-36-20-7-5-15(25)11-16(17)20)22(29)28-9-8-14-4-6-18(26)19(27)10-14;1-14(2)34-24(29)32-13-33-35(30,31)22(18-12-36-21-7-4-15(3)10-17(18)21)23(28)27-9-8-16-5-6-19(25)20(26)11-16;22-14-3-5-19-15(11-14)16(12-31-19)20(30(27)28-8-1-9-29-30)21(26)25-7-6-13-2-4-17(23)18(24)10-13;/h4-12,21H,13H2,1-3H3,(H,28,29)(H,31,32);4-12,14,22H,13H2,1-3H3,(H,27,28)(H,30,31);2-7,10-12,20H,1,8-9H2,(H,25,26);1H4/b2*9-8+;7-6+;. The molecule has 5 atom stereocenters. The molecule has 4 heterocycles. The average molecular weight is 1600 g/mol. The zero-order valence-corrected chi connectivity index (χ0v) is 61.7. The number of esters is 1. The molecule has 0 spiro atoms. The molecule has 5 N–H and O–H groups in total. The summed E-state index contributed by atoms with van der Waals surface area (Å²) >= 11 is 16.1. The van der Waals surface area contributed by atoms with Crippen molar-refractivity contribution >= 4 is 158 Å². The number of carbonyl (C=O) groups is 5. The van der Waals surface area contributed by atoms with Crippen LogP contribution in [0.15, 0.2) is 144 Å². The number of thiophene rings is 3. The molecule has 5 unspecified atom stereocenters. The van der Waals surface area contributed by atoms with Crippen LogP contribution in [-0.4, -0.2) is 72.5 Å². The van der Waals surface area contributed by atoms with E-state index in [4.69, 9.17) is 50.8 Å². The van der Waals surface area contributed by atoms with Gasteiger partial charge in [0.25, 0.3) is 0 Å². The van der Waals surface area contributed by atoms with E-state index < -0.39 is 130 Å². The normalized spacial score (nSPS) is 15.0. The Balaban J connectivity index is 0.000000218. The zero-order valence-electron chi connectivity index (χ0n) is 55.0. The Kier molecular flexibility index (Phi) is 29.6. The first-order chi connectivity index (χ1) is 48.6. The van der Waals surface area contributed by atoms with Crippen LogP contribution in [0.4, 0.5) is 31.1 Å². The van der Waals surface area contributed by atoms with Gasteiger partial charge < -0.3 is 49.0 Å². The summed E-state index contributed by atoms with van der Waals surface area (Å²) in [7, 11) is -13.3. The van der Waals surface area contributed by atoms with E-state index in [9.17, 15) is 73.8 Å². The molecule has 0 aliphatic carbocycles. The first-order valence-electron chi connectivity index (χ1n) is 30.5. The Hall–Kier alpha value is -7.82. The van der Waals surface area contributed by atoms with E-state index in [1.807, 2.05) is 25.1 Å². The highest BCUT2D eigenvalue weighted by Crippen LogP contribution is 2.64. The molecule has 0 saturated carbocycles. The molecular formula is C70H68Cl2F6N3O17P3S3. The van der Waals surface area contributed by atoms with Crippen molar-refractivity contribution in [3.63, 3.8) is 0 Å². The highest BCUT2D eigenvalue weighted by Gasteiger charge is 2.46. The van der Waals surface area contributed by atoms with Gasteiger partial charge in [-0.2, -0.15) is 0 Å². The van der Waals surface area contributed by atoms with Gasteiger partial charge in [-0.25, -0.2) is 31.1 Å². The summed E-state index contributed by atoms with van der Waals surface area (Å²) in [6, 6.07) is 25.3. The number of halogens is 8. The van der Waals surface area contributed by atoms with Crippen LogP contribution in [0.25, 0.3) is 48.5 Å². The van der Waals surface area contributed by atoms with Crippen molar-refractivity contribution < 1.29 is 106 Å². The van der Waals surface area contributed by atoms with Crippen LogP contribution in [0.2, 0.25) is 10.0 Å². The number of nitrogens with one attached hydrogen (secondary N) is 3.